The standard InChI is InChI=1S/C10H21N3O/c1-4-6-9(11)10(14)12-7-8-13(3)5-2/h4,9H,1,5-8,11H2,2-3H3,(H,12,14). The molecule has 0 rings (SSSR count). The highest BCUT2D eigenvalue weighted by atomic mass is 16.2. The molecule has 0 spiro atoms. The Hall–Kier alpha value is -0.870. The van der Waals surface area contributed by atoms with Crippen molar-refractivity contribution in [3.63, 3.8) is 0 Å². The lowest BCUT2D eigenvalue weighted by Crippen LogP contribution is -2.42. The number of nitrogens with two attached hydrogens (primary N) is 1. The molecule has 14 heavy (non-hydrogen) atoms. The van der Waals surface area contributed by atoms with Crippen molar-refractivity contribution in [2.75, 3.05) is 26.7 Å². The fraction of sp³-hybridized carbons (Fsp3) is 0.700. The van der Waals surface area contributed by atoms with Crippen LogP contribution in [0.25, 0.3) is 0 Å². The Bertz CT molecular complexity index is 182. The average Bonchev–Trinajstić information content (AvgIpc) is 2.17. The van der Waals surface area contributed by atoms with Crippen LogP contribution >= 0.6 is 0 Å². The van der Waals surface area contributed by atoms with Gasteiger partial charge in [0.1, 0.15) is 0 Å². The first-order valence-corrected chi connectivity index (χ1v) is 4.94. The van der Waals surface area contributed by atoms with Gasteiger partial charge in [-0.2, -0.15) is 0 Å². The molecule has 0 radical (unpaired) electrons. The molecule has 0 aromatic carbocycles. The molecule has 0 fully saturated rings. The highest BCUT2D eigenvalue weighted by Gasteiger charge is 2.10. The fourth-order valence-electron chi connectivity index (χ4n) is 0.946. The number of hydrogen-bond donors (Lipinski definition) is 2. The summed E-state index contributed by atoms with van der Waals surface area (Å²) in [7, 11) is 2.01. The van der Waals surface area contributed by atoms with Crippen LogP contribution in [0, 0.1) is 0 Å². The zero-order valence-corrected chi connectivity index (χ0v) is 9.12. The van der Waals surface area contributed by atoms with Crippen molar-refractivity contribution in [2.24, 2.45) is 5.73 Å². The van der Waals surface area contributed by atoms with Gasteiger partial charge in [0.05, 0.1) is 6.04 Å². The molecule has 0 aliphatic rings. The van der Waals surface area contributed by atoms with Gasteiger partial charge in [0.15, 0.2) is 0 Å². The summed E-state index contributed by atoms with van der Waals surface area (Å²) in [6.45, 7) is 8.09. The largest absolute Gasteiger partial charge is 0.353 e. The molecule has 4 nitrogen and oxygen atoms in total. The summed E-state index contributed by atoms with van der Waals surface area (Å²) in [5, 5.41) is 2.78. The third-order valence-corrected chi connectivity index (χ3v) is 2.09. The monoisotopic (exact) mass is 199 g/mol. The van der Waals surface area contributed by atoms with Crippen molar-refractivity contribution in [1.82, 2.24) is 10.2 Å². The van der Waals surface area contributed by atoms with Gasteiger partial charge < -0.3 is 16.0 Å². The lowest BCUT2D eigenvalue weighted by atomic mass is 10.2. The van der Waals surface area contributed by atoms with E-state index in [0.29, 0.717) is 13.0 Å². The van der Waals surface area contributed by atoms with Gasteiger partial charge in [0, 0.05) is 13.1 Å². The van der Waals surface area contributed by atoms with Gasteiger partial charge in [-0.25, -0.2) is 0 Å². The summed E-state index contributed by atoms with van der Waals surface area (Å²) >= 11 is 0. The number of rotatable bonds is 7. The summed E-state index contributed by atoms with van der Waals surface area (Å²) in [4.78, 5) is 13.4. The molecule has 0 bridgehead atoms. The van der Waals surface area contributed by atoms with Crippen LogP contribution in [-0.2, 0) is 4.79 Å². The van der Waals surface area contributed by atoms with Gasteiger partial charge in [0.25, 0.3) is 0 Å². The maximum atomic E-state index is 11.3. The Kier molecular flexibility index (Phi) is 7.06. The van der Waals surface area contributed by atoms with Crippen molar-refractivity contribution in [1.29, 1.82) is 0 Å². The van der Waals surface area contributed by atoms with Crippen LogP contribution < -0.4 is 11.1 Å². The summed E-state index contributed by atoms with van der Waals surface area (Å²) < 4.78 is 0. The molecular formula is C10H21N3O. The average molecular weight is 199 g/mol. The van der Waals surface area contributed by atoms with Crippen LogP contribution in [0.5, 0.6) is 0 Å². The molecule has 4 heteroatoms. The number of carbonyl (C=O) groups is 1. The number of nitrogens with one attached hydrogen (secondary N) is 1. The van der Waals surface area contributed by atoms with Crippen molar-refractivity contribution < 1.29 is 4.79 Å². The topological polar surface area (TPSA) is 58.4 Å². The Balaban J connectivity index is 3.58. The van der Waals surface area contributed by atoms with E-state index in [1.54, 1.807) is 6.08 Å². The van der Waals surface area contributed by atoms with Crippen LogP contribution in [0.1, 0.15) is 13.3 Å². The second kappa shape index (κ2) is 7.53. The smallest absolute Gasteiger partial charge is 0.237 e. The van der Waals surface area contributed by atoms with Gasteiger partial charge in [-0.05, 0) is 20.0 Å². The van der Waals surface area contributed by atoms with E-state index < -0.39 is 6.04 Å². The molecule has 0 heterocycles. The molecular weight excluding hydrogens is 178 g/mol. The van der Waals surface area contributed by atoms with Crippen LogP contribution in [-0.4, -0.2) is 43.5 Å². The molecule has 0 saturated heterocycles. The van der Waals surface area contributed by atoms with Gasteiger partial charge >= 0.3 is 0 Å². The molecule has 82 valence electrons. The van der Waals surface area contributed by atoms with E-state index in [4.69, 9.17) is 5.73 Å². The third kappa shape index (κ3) is 5.72. The van der Waals surface area contributed by atoms with Gasteiger partial charge in [-0.3, -0.25) is 4.79 Å². The molecule has 1 amide bonds. The summed E-state index contributed by atoms with van der Waals surface area (Å²) in [5.74, 6) is -0.102. The number of likely N-dealkylation sites (N-methyl/N-ethyl adjacent to an activating group) is 1. The first-order valence-electron chi connectivity index (χ1n) is 4.94. The molecule has 0 saturated carbocycles. The molecule has 0 aromatic rings. The van der Waals surface area contributed by atoms with Crippen molar-refractivity contribution >= 4 is 5.91 Å². The van der Waals surface area contributed by atoms with Crippen LogP contribution in [0.2, 0.25) is 0 Å². The minimum atomic E-state index is -0.459. The second-order valence-corrected chi connectivity index (χ2v) is 3.32. The fourth-order valence-corrected chi connectivity index (χ4v) is 0.946. The quantitative estimate of drug-likeness (QED) is 0.566. The van der Waals surface area contributed by atoms with Gasteiger partial charge in [0.2, 0.25) is 5.91 Å². The van der Waals surface area contributed by atoms with E-state index in [-0.39, 0.29) is 5.91 Å². The van der Waals surface area contributed by atoms with Crippen LogP contribution in [0.3, 0.4) is 0 Å². The van der Waals surface area contributed by atoms with E-state index >= 15 is 0 Å². The highest BCUT2D eigenvalue weighted by Crippen LogP contribution is 1.88. The number of amides is 1. The Labute approximate surface area is 86.1 Å². The molecule has 3 N–H and O–H groups in total. The zero-order chi connectivity index (χ0) is 11.0. The minimum absolute atomic E-state index is 0.102. The van der Waals surface area contributed by atoms with Gasteiger partial charge in [-0.1, -0.05) is 13.0 Å². The maximum Gasteiger partial charge on any atom is 0.237 e. The van der Waals surface area contributed by atoms with Crippen molar-refractivity contribution in [3.05, 3.63) is 12.7 Å². The second-order valence-electron chi connectivity index (χ2n) is 3.32. The zero-order valence-electron chi connectivity index (χ0n) is 9.12. The Morgan fingerprint density at radius 3 is 2.86 bits per heavy atom. The lowest BCUT2D eigenvalue weighted by Gasteiger charge is -2.15. The molecule has 1 atom stereocenters. The van der Waals surface area contributed by atoms with Crippen LogP contribution in [0.4, 0.5) is 0 Å². The van der Waals surface area contributed by atoms with Gasteiger partial charge in [-0.15, -0.1) is 6.58 Å². The van der Waals surface area contributed by atoms with E-state index in [1.165, 1.54) is 0 Å². The molecule has 0 aliphatic carbocycles. The van der Waals surface area contributed by atoms with E-state index in [9.17, 15) is 4.79 Å². The van der Waals surface area contributed by atoms with E-state index in [1.807, 2.05) is 7.05 Å². The number of nitrogens with zero attached hydrogens (tertiary/aromatic N) is 1. The Morgan fingerprint density at radius 1 is 1.71 bits per heavy atom. The number of carbonyl (C=O) groups excluding carboxylic acids is 1. The predicted octanol–water partition coefficient (Wildman–Crippen LogP) is -0.0423. The molecule has 0 aliphatic heterocycles. The lowest BCUT2D eigenvalue weighted by molar-refractivity contribution is -0.122. The van der Waals surface area contributed by atoms with Crippen LogP contribution in [0.15, 0.2) is 12.7 Å². The third-order valence-electron chi connectivity index (χ3n) is 2.09. The molecule has 0 aromatic heterocycles. The highest BCUT2D eigenvalue weighted by molar-refractivity contribution is 5.81. The SMILES string of the molecule is C=CCC(N)C(=O)NCCN(C)CC. The predicted molar refractivity (Wildman–Crippen MR) is 59.0 cm³/mol. The summed E-state index contributed by atoms with van der Waals surface area (Å²) in [6.07, 6.45) is 2.18. The molecule has 1 unspecified atom stereocenters. The van der Waals surface area contributed by atoms with E-state index in [2.05, 4.69) is 23.7 Å². The van der Waals surface area contributed by atoms with E-state index in [0.717, 1.165) is 13.1 Å². The normalized spacial score (nSPS) is 12.6. The summed E-state index contributed by atoms with van der Waals surface area (Å²) in [5.41, 5.74) is 5.58. The minimum Gasteiger partial charge on any atom is -0.353 e. The first kappa shape index (κ1) is 13.1. The van der Waals surface area contributed by atoms with Crippen molar-refractivity contribution in [2.45, 2.75) is 19.4 Å². The number of hydrogen-bond acceptors (Lipinski definition) is 3. The maximum absolute atomic E-state index is 11.3. The first-order chi connectivity index (χ1) is 6.61. The van der Waals surface area contributed by atoms with Crippen molar-refractivity contribution in [3.8, 4) is 0 Å². The Morgan fingerprint density at radius 2 is 2.36 bits per heavy atom. The summed E-state index contributed by atoms with van der Waals surface area (Å²) in [6, 6.07) is -0.459.